The van der Waals surface area contributed by atoms with E-state index in [1.807, 2.05) is 13.8 Å². The lowest BCUT2D eigenvalue weighted by atomic mass is 9.93. The highest BCUT2D eigenvalue weighted by Crippen LogP contribution is 2.33. The van der Waals surface area contributed by atoms with E-state index >= 15 is 0 Å². The molecule has 112 valence electrons. The summed E-state index contributed by atoms with van der Waals surface area (Å²) >= 11 is 5.16. The summed E-state index contributed by atoms with van der Waals surface area (Å²) in [4.78, 5) is 11.9. The van der Waals surface area contributed by atoms with E-state index in [4.69, 9.17) is 17.0 Å². The van der Waals surface area contributed by atoms with Crippen molar-refractivity contribution in [2.24, 2.45) is 0 Å². The number of ether oxygens (including phenoxy) is 1. The van der Waals surface area contributed by atoms with E-state index in [1.54, 1.807) is 18.2 Å². The summed E-state index contributed by atoms with van der Waals surface area (Å²) in [5.41, 5.74) is 2.17. The first-order valence-corrected chi connectivity index (χ1v) is 7.09. The molecule has 6 heteroatoms. The van der Waals surface area contributed by atoms with Gasteiger partial charge in [-0.05, 0) is 50.7 Å². The lowest BCUT2D eigenvalue weighted by Gasteiger charge is -2.30. The molecular weight excluding hydrogens is 288 g/mol. The Hall–Kier alpha value is -2.08. The fourth-order valence-electron chi connectivity index (χ4n) is 2.39. The van der Waals surface area contributed by atoms with Crippen molar-refractivity contribution < 1.29 is 14.6 Å². The quantitative estimate of drug-likeness (QED) is 0.741. The Balaban J connectivity index is 2.48. The Morgan fingerprint density at radius 3 is 2.81 bits per heavy atom. The van der Waals surface area contributed by atoms with Crippen molar-refractivity contribution in [3.63, 3.8) is 0 Å². The minimum Gasteiger partial charge on any atom is -0.504 e. The number of phenolic OH excluding ortho intramolecular Hbond substituents is 1. The molecule has 1 heterocycles. The molecule has 1 aromatic rings. The minimum atomic E-state index is -0.351. The van der Waals surface area contributed by atoms with Crippen LogP contribution in [0.15, 0.2) is 29.5 Å². The Morgan fingerprint density at radius 2 is 2.19 bits per heavy atom. The summed E-state index contributed by atoms with van der Waals surface area (Å²) in [5, 5.41) is 16.3. The summed E-state index contributed by atoms with van der Waals surface area (Å²) in [7, 11) is 0. The van der Waals surface area contributed by atoms with Crippen molar-refractivity contribution in [1.29, 1.82) is 0 Å². The highest BCUT2D eigenvalue weighted by molar-refractivity contribution is 7.80. The molecule has 0 aliphatic carbocycles. The Morgan fingerprint density at radius 1 is 1.48 bits per heavy atom. The molecule has 21 heavy (non-hydrogen) atoms. The molecule has 2 rings (SSSR count). The Bertz CT molecular complexity index is 625. The van der Waals surface area contributed by atoms with Gasteiger partial charge in [0.15, 0.2) is 22.4 Å². The summed E-state index contributed by atoms with van der Waals surface area (Å²) in [6, 6.07) is 4.68. The van der Waals surface area contributed by atoms with Gasteiger partial charge in [0.2, 0.25) is 0 Å². The lowest BCUT2D eigenvalue weighted by Crippen LogP contribution is -2.44. The van der Waals surface area contributed by atoms with Crippen molar-refractivity contribution in [1.82, 2.24) is 10.6 Å². The normalized spacial score (nSPS) is 18.0. The van der Waals surface area contributed by atoms with Crippen LogP contribution in [0.4, 0.5) is 0 Å². The largest absolute Gasteiger partial charge is 0.504 e. The highest BCUT2D eigenvalue weighted by Gasteiger charge is 2.28. The predicted octanol–water partition coefficient (Wildman–Crippen LogP) is 2.17. The molecule has 3 N–H and O–H groups in total. The molecule has 1 aliphatic heterocycles. The number of thiocarbonyl (C=S) groups is 1. The first-order valence-electron chi connectivity index (χ1n) is 6.69. The first-order chi connectivity index (χ1) is 9.93. The molecule has 0 saturated heterocycles. The molecule has 5 nitrogen and oxygen atoms in total. The fraction of sp³-hybridized carbons (Fsp3) is 0.333. The van der Waals surface area contributed by atoms with Crippen molar-refractivity contribution in [3.05, 3.63) is 35.0 Å². The smallest absolute Gasteiger partial charge is 0.171 e. The van der Waals surface area contributed by atoms with Gasteiger partial charge in [-0.25, -0.2) is 0 Å². The Labute approximate surface area is 129 Å². The maximum Gasteiger partial charge on any atom is 0.171 e. The Kier molecular flexibility index (Phi) is 4.47. The number of rotatable bonds is 4. The second-order valence-electron chi connectivity index (χ2n) is 4.79. The van der Waals surface area contributed by atoms with E-state index in [0.29, 0.717) is 23.0 Å². The third-order valence-corrected chi connectivity index (χ3v) is 3.49. The van der Waals surface area contributed by atoms with Gasteiger partial charge in [0.05, 0.1) is 12.6 Å². The highest BCUT2D eigenvalue weighted by atomic mass is 32.1. The summed E-state index contributed by atoms with van der Waals surface area (Å²) in [6.07, 6.45) is 0. The molecular formula is C15H18N2O3S. The number of aromatic hydroxyl groups is 1. The van der Waals surface area contributed by atoms with Gasteiger partial charge in [-0.2, -0.15) is 0 Å². The summed E-state index contributed by atoms with van der Waals surface area (Å²) < 4.78 is 5.39. The van der Waals surface area contributed by atoms with E-state index in [0.717, 1.165) is 11.3 Å². The molecule has 0 bridgehead atoms. The molecule has 0 fully saturated rings. The van der Waals surface area contributed by atoms with Crippen LogP contribution in [-0.2, 0) is 4.79 Å². The number of carbonyl (C=O) groups excluding carboxylic acids is 1. The van der Waals surface area contributed by atoms with E-state index in [9.17, 15) is 9.90 Å². The lowest BCUT2D eigenvalue weighted by molar-refractivity contribution is -0.114. The van der Waals surface area contributed by atoms with Crippen molar-refractivity contribution in [2.45, 2.75) is 26.8 Å². The van der Waals surface area contributed by atoms with Crippen LogP contribution in [-0.4, -0.2) is 22.6 Å². The third kappa shape index (κ3) is 3.16. The van der Waals surface area contributed by atoms with Gasteiger partial charge in [-0.1, -0.05) is 6.07 Å². The van der Waals surface area contributed by atoms with Crippen LogP contribution in [0, 0.1) is 0 Å². The van der Waals surface area contributed by atoms with Gasteiger partial charge in [0, 0.05) is 11.3 Å². The number of hydrogen-bond donors (Lipinski definition) is 3. The maximum atomic E-state index is 11.9. The van der Waals surface area contributed by atoms with Crippen LogP contribution >= 0.6 is 12.2 Å². The second kappa shape index (κ2) is 6.13. The van der Waals surface area contributed by atoms with Crippen LogP contribution < -0.4 is 15.4 Å². The molecule has 0 radical (unpaired) electrons. The van der Waals surface area contributed by atoms with Gasteiger partial charge in [-0.15, -0.1) is 0 Å². The number of Topliss-reactive ketones (excluding diaryl/α,β-unsaturated/α-hetero) is 1. The molecule has 0 spiro atoms. The van der Waals surface area contributed by atoms with Gasteiger partial charge in [0.1, 0.15) is 0 Å². The SMILES string of the molecule is CCOc1cc([C@H]2NC(=S)NC(C)=C2C(C)=O)ccc1O. The zero-order valence-corrected chi connectivity index (χ0v) is 13.0. The van der Waals surface area contributed by atoms with Crippen LogP contribution in [0.5, 0.6) is 11.5 Å². The van der Waals surface area contributed by atoms with Crippen molar-refractivity contribution in [3.8, 4) is 11.5 Å². The minimum absolute atomic E-state index is 0.0361. The zero-order chi connectivity index (χ0) is 15.6. The molecule has 1 aromatic carbocycles. The summed E-state index contributed by atoms with van der Waals surface area (Å²) in [5.74, 6) is 0.426. The van der Waals surface area contributed by atoms with Crippen molar-refractivity contribution in [2.75, 3.05) is 6.61 Å². The average Bonchev–Trinajstić information content (AvgIpc) is 2.40. The number of hydrogen-bond acceptors (Lipinski definition) is 4. The van der Waals surface area contributed by atoms with Gasteiger partial charge in [0.25, 0.3) is 0 Å². The monoisotopic (exact) mass is 306 g/mol. The second-order valence-corrected chi connectivity index (χ2v) is 5.19. The average molecular weight is 306 g/mol. The third-order valence-electron chi connectivity index (χ3n) is 3.27. The maximum absolute atomic E-state index is 11.9. The summed E-state index contributed by atoms with van der Waals surface area (Å²) in [6.45, 7) is 5.63. The molecule has 1 aliphatic rings. The van der Waals surface area contributed by atoms with Crippen LogP contribution in [0.2, 0.25) is 0 Å². The number of benzene rings is 1. The van der Waals surface area contributed by atoms with E-state index in [1.165, 1.54) is 6.92 Å². The van der Waals surface area contributed by atoms with Gasteiger partial charge < -0.3 is 20.5 Å². The number of carbonyl (C=O) groups is 1. The van der Waals surface area contributed by atoms with Crippen LogP contribution in [0.3, 0.4) is 0 Å². The van der Waals surface area contributed by atoms with E-state index < -0.39 is 0 Å². The van der Waals surface area contributed by atoms with Gasteiger partial charge in [-0.3, -0.25) is 4.79 Å². The topological polar surface area (TPSA) is 70.6 Å². The number of allylic oxidation sites excluding steroid dienone is 1. The molecule has 0 aromatic heterocycles. The number of phenols is 1. The molecule has 0 amide bonds. The first kappa shape index (κ1) is 15.3. The van der Waals surface area contributed by atoms with Crippen LogP contribution in [0.25, 0.3) is 0 Å². The molecule has 0 unspecified atom stereocenters. The molecule has 1 atom stereocenters. The van der Waals surface area contributed by atoms with Crippen molar-refractivity contribution >= 4 is 23.1 Å². The van der Waals surface area contributed by atoms with E-state index in [-0.39, 0.29) is 17.6 Å². The standard InChI is InChI=1S/C15H18N2O3S/c1-4-20-12-7-10(5-6-11(12)19)14-13(9(3)18)8(2)16-15(21)17-14/h5-7,14,19H,4H2,1-3H3,(H2,16,17,21)/t14-/m1/s1. The zero-order valence-electron chi connectivity index (χ0n) is 12.2. The van der Waals surface area contributed by atoms with Gasteiger partial charge >= 0.3 is 0 Å². The predicted molar refractivity (Wildman–Crippen MR) is 84.3 cm³/mol. The van der Waals surface area contributed by atoms with Crippen LogP contribution in [0.1, 0.15) is 32.4 Å². The number of nitrogens with one attached hydrogen (secondary N) is 2. The fourth-order valence-corrected chi connectivity index (χ4v) is 2.66. The van der Waals surface area contributed by atoms with E-state index in [2.05, 4.69) is 10.6 Å². The molecule has 0 saturated carbocycles. The number of ketones is 1.